The summed E-state index contributed by atoms with van der Waals surface area (Å²) in [5.74, 6) is -0.904. The van der Waals surface area contributed by atoms with Crippen molar-refractivity contribution in [3.05, 3.63) is 93.5 Å². The van der Waals surface area contributed by atoms with Crippen LogP contribution in [0.2, 0.25) is 10.0 Å². The van der Waals surface area contributed by atoms with E-state index in [4.69, 9.17) is 23.2 Å². The number of hydrogen-bond donors (Lipinski definition) is 1. The molecule has 0 fully saturated rings. The predicted molar refractivity (Wildman–Crippen MR) is 161 cm³/mol. The highest BCUT2D eigenvalue weighted by molar-refractivity contribution is 7.92. The lowest BCUT2D eigenvalue weighted by molar-refractivity contribution is -0.140. The first-order valence-electron chi connectivity index (χ1n) is 13.2. The Bertz CT molecular complexity index is 1430. The summed E-state index contributed by atoms with van der Waals surface area (Å²) in [5.41, 5.74) is 2.55. The first kappa shape index (κ1) is 31.5. The molecule has 214 valence electrons. The number of rotatable bonds is 12. The van der Waals surface area contributed by atoms with E-state index in [0.29, 0.717) is 40.7 Å². The van der Waals surface area contributed by atoms with Crippen LogP contribution in [0.1, 0.15) is 43.9 Å². The Morgan fingerprint density at radius 2 is 1.52 bits per heavy atom. The summed E-state index contributed by atoms with van der Waals surface area (Å²) < 4.78 is 29.2. The standard InChI is InChI=1S/C30H35Cl2N3O4S/c1-5-22-11-8-9-14-28(22)35(40(38,39)23-17-15-21(4)16-18-23)20-29(36)34(27(6-2)30(37)33-7-3)19-24-25(31)12-10-13-26(24)32/h8-18,27H,5-7,19-20H2,1-4H3,(H,33,37). The van der Waals surface area contributed by atoms with Crippen molar-refractivity contribution in [2.45, 2.75) is 58.0 Å². The van der Waals surface area contributed by atoms with E-state index in [-0.39, 0.29) is 17.3 Å². The van der Waals surface area contributed by atoms with Gasteiger partial charge in [-0.15, -0.1) is 0 Å². The summed E-state index contributed by atoms with van der Waals surface area (Å²) in [7, 11) is -4.15. The molecule has 0 saturated heterocycles. The monoisotopic (exact) mass is 603 g/mol. The Balaban J connectivity index is 2.14. The number of nitrogens with zero attached hydrogens (tertiary/aromatic N) is 2. The lowest BCUT2D eigenvalue weighted by Gasteiger charge is -2.34. The smallest absolute Gasteiger partial charge is 0.264 e. The van der Waals surface area contributed by atoms with Gasteiger partial charge >= 0.3 is 0 Å². The number of carbonyl (C=O) groups excluding carboxylic acids is 2. The number of likely N-dealkylation sites (N-methyl/N-ethyl adjacent to an activating group) is 1. The zero-order valence-electron chi connectivity index (χ0n) is 23.2. The van der Waals surface area contributed by atoms with Crippen molar-refractivity contribution < 1.29 is 18.0 Å². The molecule has 3 aromatic rings. The van der Waals surface area contributed by atoms with Gasteiger partial charge < -0.3 is 10.2 Å². The Morgan fingerprint density at radius 3 is 2.10 bits per heavy atom. The third-order valence-corrected chi connectivity index (χ3v) is 9.14. The van der Waals surface area contributed by atoms with E-state index in [1.165, 1.54) is 17.0 Å². The van der Waals surface area contributed by atoms with Crippen LogP contribution in [-0.4, -0.2) is 44.3 Å². The maximum Gasteiger partial charge on any atom is 0.264 e. The van der Waals surface area contributed by atoms with Gasteiger partial charge in [0.1, 0.15) is 12.6 Å². The number of para-hydroxylation sites is 1. The molecule has 1 atom stereocenters. The van der Waals surface area contributed by atoms with Gasteiger partial charge in [-0.25, -0.2) is 8.42 Å². The van der Waals surface area contributed by atoms with Crippen LogP contribution >= 0.6 is 23.2 Å². The van der Waals surface area contributed by atoms with Crippen molar-refractivity contribution in [1.29, 1.82) is 0 Å². The average molecular weight is 605 g/mol. The summed E-state index contributed by atoms with van der Waals surface area (Å²) in [4.78, 5) is 28.7. The highest BCUT2D eigenvalue weighted by Crippen LogP contribution is 2.30. The molecule has 10 heteroatoms. The number of sulfonamides is 1. The second kappa shape index (κ2) is 14.0. The van der Waals surface area contributed by atoms with Crippen LogP contribution in [0, 0.1) is 6.92 Å². The third kappa shape index (κ3) is 7.16. The number of nitrogens with one attached hydrogen (secondary N) is 1. The van der Waals surface area contributed by atoms with Crippen molar-refractivity contribution >= 4 is 50.7 Å². The quantitative estimate of drug-likeness (QED) is 0.275. The fourth-order valence-corrected chi connectivity index (χ4v) is 6.44. The number of halogens is 2. The minimum absolute atomic E-state index is 0.0632. The number of hydrogen-bond acceptors (Lipinski definition) is 4. The Morgan fingerprint density at radius 1 is 0.900 bits per heavy atom. The van der Waals surface area contributed by atoms with Crippen molar-refractivity contribution in [2.24, 2.45) is 0 Å². The minimum Gasteiger partial charge on any atom is -0.355 e. The van der Waals surface area contributed by atoms with Crippen LogP contribution in [0.25, 0.3) is 0 Å². The van der Waals surface area contributed by atoms with Gasteiger partial charge in [0.15, 0.2) is 0 Å². The Hall–Kier alpha value is -3.07. The van der Waals surface area contributed by atoms with E-state index < -0.39 is 28.5 Å². The van der Waals surface area contributed by atoms with Gasteiger partial charge in [-0.05, 0) is 62.6 Å². The van der Waals surface area contributed by atoms with Crippen LogP contribution in [-0.2, 0) is 32.6 Å². The molecule has 0 aliphatic carbocycles. The molecule has 2 amide bonds. The third-order valence-electron chi connectivity index (χ3n) is 6.66. The zero-order valence-corrected chi connectivity index (χ0v) is 25.5. The molecular formula is C30H35Cl2N3O4S. The molecule has 0 bridgehead atoms. The van der Waals surface area contributed by atoms with Crippen LogP contribution in [0.15, 0.2) is 71.6 Å². The second-order valence-corrected chi connectivity index (χ2v) is 12.0. The zero-order chi connectivity index (χ0) is 29.4. The van der Waals surface area contributed by atoms with Crippen molar-refractivity contribution in [1.82, 2.24) is 10.2 Å². The van der Waals surface area contributed by atoms with E-state index in [0.717, 1.165) is 15.4 Å². The van der Waals surface area contributed by atoms with E-state index in [2.05, 4.69) is 5.32 Å². The first-order chi connectivity index (χ1) is 19.0. The van der Waals surface area contributed by atoms with Gasteiger partial charge in [-0.2, -0.15) is 0 Å². The highest BCUT2D eigenvalue weighted by atomic mass is 35.5. The predicted octanol–water partition coefficient (Wildman–Crippen LogP) is 6.00. The maximum atomic E-state index is 14.1. The normalized spacial score (nSPS) is 12.1. The molecule has 7 nitrogen and oxygen atoms in total. The number of amides is 2. The number of anilines is 1. The molecule has 0 aliphatic heterocycles. The summed E-state index contributed by atoms with van der Waals surface area (Å²) >= 11 is 12.9. The van der Waals surface area contributed by atoms with Gasteiger partial charge in [0, 0.05) is 28.7 Å². The van der Waals surface area contributed by atoms with Gasteiger partial charge in [0.2, 0.25) is 11.8 Å². The second-order valence-electron chi connectivity index (χ2n) is 9.35. The number of aryl methyl sites for hydroxylation is 2. The van der Waals surface area contributed by atoms with Gasteiger partial charge in [-0.3, -0.25) is 13.9 Å². The van der Waals surface area contributed by atoms with Gasteiger partial charge in [0.05, 0.1) is 10.6 Å². The Kier molecular flexibility index (Phi) is 11.0. The van der Waals surface area contributed by atoms with Crippen LogP contribution in [0.4, 0.5) is 5.69 Å². The van der Waals surface area contributed by atoms with Crippen molar-refractivity contribution in [3.8, 4) is 0 Å². The maximum absolute atomic E-state index is 14.1. The molecule has 1 N–H and O–H groups in total. The molecule has 1 unspecified atom stereocenters. The molecule has 0 heterocycles. The van der Waals surface area contributed by atoms with E-state index in [9.17, 15) is 18.0 Å². The molecule has 0 radical (unpaired) electrons. The molecule has 0 saturated carbocycles. The molecule has 0 aliphatic rings. The fraction of sp³-hybridized carbons (Fsp3) is 0.333. The average Bonchev–Trinajstić information content (AvgIpc) is 2.93. The van der Waals surface area contributed by atoms with Crippen LogP contribution in [0.3, 0.4) is 0 Å². The largest absolute Gasteiger partial charge is 0.355 e. The van der Waals surface area contributed by atoms with Crippen LogP contribution < -0.4 is 9.62 Å². The van der Waals surface area contributed by atoms with Crippen LogP contribution in [0.5, 0.6) is 0 Å². The Labute approximate surface area is 247 Å². The first-order valence-corrected chi connectivity index (χ1v) is 15.4. The summed E-state index contributed by atoms with van der Waals surface area (Å²) in [6.07, 6.45) is 0.857. The lowest BCUT2D eigenvalue weighted by atomic mass is 10.1. The SMILES string of the molecule is CCNC(=O)C(CC)N(Cc1c(Cl)cccc1Cl)C(=O)CN(c1ccccc1CC)S(=O)(=O)c1ccc(C)cc1. The highest BCUT2D eigenvalue weighted by Gasteiger charge is 2.34. The van der Waals surface area contributed by atoms with E-state index >= 15 is 0 Å². The van der Waals surface area contributed by atoms with Crippen molar-refractivity contribution in [2.75, 3.05) is 17.4 Å². The molecule has 3 rings (SSSR count). The summed E-state index contributed by atoms with van der Waals surface area (Å²) in [6, 6.07) is 17.7. The van der Waals surface area contributed by atoms with E-state index in [1.54, 1.807) is 56.3 Å². The topological polar surface area (TPSA) is 86.8 Å². The van der Waals surface area contributed by atoms with Crippen molar-refractivity contribution in [3.63, 3.8) is 0 Å². The fourth-order valence-electron chi connectivity index (χ4n) is 4.47. The minimum atomic E-state index is -4.15. The lowest BCUT2D eigenvalue weighted by Crippen LogP contribution is -2.52. The molecule has 0 spiro atoms. The summed E-state index contributed by atoms with van der Waals surface area (Å²) in [5, 5.41) is 3.47. The molecule has 40 heavy (non-hydrogen) atoms. The molecular weight excluding hydrogens is 569 g/mol. The van der Waals surface area contributed by atoms with E-state index in [1.807, 2.05) is 26.0 Å². The molecule has 3 aromatic carbocycles. The summed E-state index contributed by atoms with van der Waals surface area (Å²) in [6.45, 7) is 7.16. The number of carbonyl (C=O) groups is 2. The molecule has 0 aromatic heterocycles. The van der Waals surface area contributed by atoms with Gasteiger partial charge in [0.25, 0.3) is 10.0 Å². The number of benzene rings is 3. The van der Waals surface area contributed by atoms with Gasteiger partial charge in [-0.1, -0.05) is 79.0 Å².